The van der Waals surface area contributed by atoms with Gasteiger partial charge in [0.2, 0.25) is 0 Å². The quantitative estimate of drug-likeness (QED) is 0.531. The molecule has 1 spiro atoms. The van der Waals surface area contributed by atoms with E-state index in [1.807, 2.05) is 52.8 Å². The minimum atomic E-state index is -0.662. The van der Waals surface area contributed by atoms with E-state index in [1.54, 1.807) is 34.1 Å². The highest BCUT2D eigenvalue weighted by atomic mass is 19.1. The van der Waals surface area contributed by atoms with Crippen molar-refractivity contribution in [1.82, 2.24) is 9.80 Å². The first kappa shape index (κ1) is 25.7. The Morgan fingerprint density at radius 3 is 2.28 bits per heavy atom. The maximum absolute atomic E-state index is 15.0. The first-order valence-electron chi connectivity index (χ1n) is 12.6. The van der Waals surface area contributed by atoms with Crippen molar-refractivity contribution in [3.05, 3.63) is 71.0 Å². The van der Waals surface area contributed by atoms with Crippen LogP contribution in [0.25, 0.3) is 5.57 Å². The average molecular weight is 495 g/mol. The summed E-state index contributed by atoms with van der Waals surface area (Å²) in [5.41, 5.74) is 1.35. The number of benzene rings is 2. The van der Waals surface area contributed by atoms with Gasteiger partial charge < -0.3 is 19.3 Å². The molecule has 7 heteroatoms. The van der Waals surface area contributed by atoms with Crippen LogP contribution < -0.4 is 4.74 Å². The van der Waals surface area contributed by atoms with Crippen LogP contribution >= 0.6 is 0 Å². The minimum Gasteiger partial charge on any atom is -0.482 e. The van der Waals surface area contributed by atoms with Gasteiger partial charge in [-0.15, -0.1) is 0 Å². The topological polar surface area (TPSA) is 59.1 Å². The number of halogens is 1. The number of fused-ring (bicyclic) bond motifs is 1. The van der Waals surface area contributed by atoms with E-state index in [4.69, 9.17) is 9.47 Å². The van der Waals surface area contributed by atoms with Gasteiger partial charge in [0.1, 0.15) is 22.8 Å². The van der Waals surface area contributed by atoms with Crippen LogP contribution in [0.15, 0.2) is 48.5 Å². The molecule has 0 aliphatic carbocycles. The molecule has 0 aromatic heterocycles. The molecule has 2 aromatic rings. The lowest BCUT2D eigenvalue weighted by atomic mass is 9.82. The smallest absolute Gasteiger partial charge is 0.410 e. The first-order valence-corrected chi connectivity index (χ1v) is 12.6. The second-order valence-corrected chi connectivity index (χ2v) is 10.4. The molecule has 4 rings (SSSR count). The SMILES string of the molecule is CCN(CC)C(=O)c1ccc(C2=CC3(CCN(C(=O)OC(C)(C)C)CC3)Oc3cccc(F)c32)cc1. The molecule has 0 radical (unpaired) electrons. The van der Waals surface area contributed by atoms with Gasteiger partial charge >= 0.3 is 6.09 Å². The van der Waals surface area contributed by atoms with Crippen LogP contribution in [-0.4, -0.2) is 59.2 Å². The van der Waals surface area contributed by atoms with Crippen molar-refractivity contribution in [3.8, 4) is 5.75 Å². The Morgan fingerprint density at radius 2 is 1.69 bits per heavy atom. The van der Waals surface area contributed by atoms with Crippen molar-refractivity contribution in [2.75, 3.05) is 26.2 Å². The van der Waals surface area contributed by atoms with Gasteiger partial charge in [-0.1, -0.05) is 18.2 Å². The average Bonchev–Trinajstić information content (AvgIpc) is 2.84. The number of piperidine rings is 1. The Morgan fingerprint density at radius 1 is 1.06 bits per heavy atom. The number of likely N-dealkylation sites (tertiary alicyclic amines) is 1. The van der Waals surface area contributed by atoms with Crippen LogP contribution in [-0.2, 0) is 4.74 Å². The molecule has 2 aromatic carbocycles. The van der Waals surface area contributed by atoms with E-state index in [0.717, 1.165) is 11.1 Å². The van der Waals surface area contributed by atoms with E-state index in [9.17, 15) is 9.59 Å². The van der Waals surface area contributed by atoms with Crippen LogP contribution in [0.2, 0.25) is 0 Å². The fourth-order valence-corrected chi connectivity index (χ4v) is 4.79. The summed E-state index contributed by atoms with van der Waals surface area (Å²) >= 11 is 0. The van der Waals surface area contributed by atoms with Gasteiger partial charge in [0, 0.05) is 44.6 Å². The molecule has 36 heavy (non-hydrogen) atoms. The number of hydrogen-bond acceptors (Lipinski definition) is 4. The van der Waals surface area contributed by atoms with Crippen molar-refractivity contribution >= 4 is 17.6 Å². The molecule has 1 fully saturated rings. The molecule has 0 atom stereocenters. The molecule has 2 aliphatic heterocycles. The molecule has 2 aliphatic rings. The lowest BCUT2D eigenvalue weighted by Gasteiger charge is -2.43. The highest BCUT2D eigenvalue weighted by molar-refractivity contribution is 5.95. The standard InChI is InChI=1S/C29H35FN2O4/c1-6-31(7-2)26(33)21-13-11-20(12-14-21)22-19-29(35-24-10-8-9-23(30)25(22)24)15-17-32(18-16-29)27(34)36-28(3,4)5/h8-14,19H,6-7,15-18H2,1-5H3. The maximum Gasteiger partial charge on any atom is 0.410 e. The van der Waals surface area contributed by atoms with Crippen molar-refractivity contribution in [2.45, 2.75) is 58.7 Å². The fraction of sp³-hybridized carbons (Fsp3) is 0.448. The third-order valence-corrected chi connectivity index (χ3v) is 6.72. The summed E-state index contributed by atoms with van der Waals surface area (Å²) in [5.74, 6) is 0.106. The Hall–Kier alpha value is -3.35. The van der Waals surface area contributed by atoms with E-state index >= 15 is 4.39 Å². The van der Waals surface area contributed by atoms with E-state index in [-0.39, 0.29) is 17.8 Å². The lowest BCUT2D eigenvalue weighted by molar-refractivity contribution is -0.00125. The number of carbonyl (C=O) groups is 2. The van der Waals surface area contributed by atoms with Crippen LogP contribution in [0.1, 0.15) is 68.9 Å². The molecule has 1 saturated heterocycles. The summed E-state index contributed by atoms with van der Waals surface area (Å²) in [6, 6.07) is 12.2. The molecular weight excluding hydrogens is 459 g/mol. The Kier molecular flexibility index (Phi) is 7.12. The van der Waals surface area contributed by atoms with Gasteiger partial charge in [-0.2, -0.15) is 0 Å². The van der Waals surface area contributed by atoms with Crippen molar-refractivity contribution in [2.24, 2.45) is 0 Å². The number of ether oxygens (including phenoxy) is 2. The monoisotopic (exact) mass is 494 g/mol. The van der Waals surface area contributed by atoms with Crippen LogP contribution in [0.4, 0.5) is 9.18 Å². The molecule has 192 valence electrons. The van der Waals surface area contributed by atoms with Gasteiger partial charge in [-0.3, -0.25) is 4.79 Å². The molecule has 0 bridgehead atoms. The van der Waals surface area contributed by atoms with Crippen molar-refractivity contribution in [1.29, 1.82) is 0 Å². The van der Waals surface area contributed by atoms with Gasteiger partial charge in [-0.25, -0.2) is 9.18 Å². The molecule has 0 N–H and O–H groups in total. The summed E-state index contributed by atoms with van der Waals surface area (Å²) in [5, 5.41) is 0. The Labute approximate surface area is 212 Å². The van der Waals surface area contributed by atoms with Crippen LogP contribution in [0, 0.1) is 5.82 Å². The van der Waals surface area contributed by atoms with E-state index < -0.39 is 11.2 Å². The Bertz CT molecular complexity index is 1150. The fourth-order valence-electron chi connectivity index (χ4n) is 4.79. The Balaban J connectivity index is 1.64. The number of amides is 2. The van der Waals surface area contributed by atoms with Crippen molar-refractivity contribution < 1.29 is 23.5 Å². The predicted molar refractivity (Wildman–Crippen MR) is 138 cm³/mol. The summed E-state index contributed by atoms with van der Waals surface area (Å²) in [6.07, 6.45) is 2.78. The number of rotatable bonds is 4. The van der Waals surface area contributed by atoms with E-state index in [1.165, 1.54) is 6.07 Å². The van der Waals surface area contributed by atoms with Gasteiger partial charge in [0.15, 0.2) is 0 Å². The second kappa shape index (κ2) is 9.96. The molecule has 0 saturated carbocycles. The highest BCUT2D eigenvalue weighted by Crippen LogP contribution is 2.44. The molecule has 6 nitrogen and oxygen atoms in total. The number of nitrogens with zero attached hydrogens (tertiary/aromatic N) is 2. The van der Waals surface area contributed by atoms with E-state index in [0.29, 0.717) is 55.9 Å². The van der Waals surface area contributed by atoms with Crippen LogP contribution in [0.3, 0.4) is 0 Å². The summed E-state index contributed by atoms with van der Waals surface area (Å²) in [6.45, 7) is 11.7. The molecular formula is C29H35FN2O4. The zero-order valence-corrected chi connectivity index (χ0v) is 21.8. The molecule has 0 unspecified atom stereocenters. The molecule has 2 heterocycles. The van der Waals surface area contributed by atoms with E-state index in [2.05, 4.69) is 0 Å². The van der Waals surface area contributed by atoms with Gasteiger partial charge in [0.25, 0.3) is 5.91 Å². The minimum absolute atomic E-state index is 0.0231. The normalized spacial score (nSPS) is 16.6. The lowest BCUT2D eigenvalue weighted by Crippen LogP contribution is -2.50. The summed E-state index contributed by atoms with van der Waals surface area (Å²) in [7, 11) is 0. The number of hydrogen-bond donors (Lipinski definition) is 0. The zero-order valence-electron chi connectivity index (χ0n) is 21.8. The second-order valence-electron chi connectivity index (χ2n) is 10.4. The van der Waals surface area contributed by atoms with Crippen molar-refractivity contribution in [3.63, 3.8) is 0 Å². The predicted octanol–water partition coefficient (Wildman–Crippen LogP) is 5.90. The first-order chi connectivity index (χ1) is 17.1. The summed E-state index contributed by atoms with van der Waals surface area (Å²) < 4.78 is 27.0. The summed E-state index contributed by atoms with van der Waals surface area (Å²) in [4.78, 5) is 28.8. The highest BCUT2D eigenvalue weighted by Gasteiger charge is 2.41. The van der Waals surface area contributed by atoms with Gasteiger partial charge in [0.05, 0.1) is 5.56 Å². The third kappa shape index (κ3) is 5.25. The zero-order chi connectivity index (χ0) is 26.1. The molecule has 2 amide bonds. The van der Waals surface area contributed by atoms with Gasteiger partial charge in [-0.05, 0) is 76.1 Å². The van der Waals surface area contributed by atoms with Crippen LogP contribution in [0.5, 0.6) is 5.75 Å². The largest absolute Gasteiger partial charge is 0.482 e. The number of carbonyl (C=O) groups excluding carboxylic acids is 2. The third-order valence-electron chi connectivity index (χ3n) is 6.72. The maximum atomic E-state index is 15.0.